The number of carbonyl (C=O) groups is 5. The minimum Gasteiger partial charge on any atom is -0.352 e. The normalized spacial score (nSPS) is 24.4. The second-order valence-electron chi connectivity index (χ2n) is 10.0. The van der Waals surface area contributed by atoms with Crippen molar-refractivity contribution in [2.75, 3.05) is 13.1 Å². The molecule has 5 amide bonds. The molecule has 0 radical (unpaired) electrons. The first kappa shape index (κ1) is 28.0. The molecule has 1 saturated heterocycles. The van der Waals surface area contributed by atoms with E-state index in [1.165, 1.54) is 12.2 Å². The van der Waals surface area contributed by atoms with Gasteiger partial charge in [0.2, 0.25) is 11.8 Å². The van der Waals surface area contributed by atoms with Crippen molar-refractivity contribution in [2.45, 2.75) is 69.9 Å². The van der Waals surface area contributed by atoms with Crippen LogP contribution in [0, 0.1) is 30.1 Å². The molecule has 0 aromatic carbocycles. The van der Waals surface area contributed by atoms with E-state index in [0.717, 1.165) is 51.4 Å². The highest BCUT2D eigenvalue weighted by atomic mass is 16.2. The fourth-order valence-corrected chi connectivity index (χ4v) is 5.98. The maximum atomic E-state index is 13.8. The van der Waals surface area contributed by atoms with Gasteiger partial charge in [0.1, 0.15) is 12.1 Å². The van der Waals surface area contributed by atoms with E-state index < -0.39 is 35.7 Å². The molecule has 1 heterocycles. The monoisotopic (exact) mass is 511 g/mol. The van der Waals surface area contributed by atoms with Crippen LogP contribution >= 0.6 is 0 Å². The second kappa shape index (κ2) is 13.1. The Balaban J connectivity index is 1.85. The van der Waals surface area contributed by atoms with Gasteiger partial charge in [0.15, 0.2) is 0 Å². The maximum Gasteiger partial charge on any atom is 0.312 e. The molecule has 200 valence electrons. The summed E-state index contributed by atoms with van der Waals surface area (Å²) in [6.45, 7) is 3.98. The first-order valence-electron chi connectivity index (χ1n) is 13.0. The lowest BCUT2D eigenvalue weighted by atomic mass is 9.83. The summed E-state index contributed by atoms with van der Waals surface area (Å²) in [6.07, 6.45) is 15.3. The Labute approximate surface area is 217 Å². The number of nitrogens with two attached hydrogens (primary N) is 1. The number of primary amides is 1. The average molecular weight is 512 g/mol. The van der Waals surface area contributed by atoms with E-state index in [4.69, 9.17) is 12.2 Å². The number of carbonyl (C=O) groups excluding carboxylic acids is 5. The summed E-state index contributed by atoms with van der Waals surface area (Å²) in [7, 11) is 0. The number of likely N-dealkylation sites (tertiary alicyclic amines) is 1. The van der Waals surface area contributed by atoms with Gasteiger partial charge in [-0.25, -0.2) is 4.79 Å². The van der Waals surface area contributed by atoms with Gasteiger partial charge >= 0.3 is 6.03 Å². The zero-order chi connectivity index (χ0) is 26.9. The van der Waals surface area contributed by atoms with Crippen LogP contribution in [0.25, 0.3) is 0 Å². The zero-order valence-corrected chi connectivity index (χ0v) is 21.2. The van der Waals surface area contributed by atoms with E-state index in [0.29, 0.717) is 6.54 Å². The smallest absolute Gasteiger partial charge is 0.312 e. The van der Waals surface area contributed by atoms with Gasteiger partial charge in [-0.1, -0.05) is 31.8 Å². The summed E-state index contributed by atoms with van der Waals surface area (Å²) < 4.78 is 0. The highest BCUT2D eigenvalue weighted by molar-refractivity contribution is 6.42. The molecule has 10 nitrogen and oxygen atoms in total. The molecule has 2 saturated carbocycles. The van der Waals surface area contributed by atoms with Gasteiger partial charge in [0.05, 0.1) is 5.70 Å². The Morgan fingerprint density at radius 2 is 1.81 bits per heavy atom. The molecule has 1 aliphatic heterocycles. The van der Waals surface area contributed by atoms with E-state index in [-0.39, 0.29) is 42.3 Å². The number of amides is 5. The van der Waals surface area contributed by atoms with Gasteiger partial charge in [-0.3, -0.25) is 19.2 Å². The van der Waals surface area contributed by atoms with Crippen molar-refractivity contribution in [3.05, 3.63) is 24.4 Å². The summed E-state index contributed by atoms with van der Waals surface area (Å²) in [5.74, 6) is -0.329. The SMILES string of the molecule is C#CC/C=C(/NC(=O)[C@@H]1[C@H]2CCC[C@H]2CN1C(=O)[C@@H](NC(N)=O)C1CCCCC1)C(=O)C(=O)NCC=C. The van der Waals surface area contributed by atoms with Crippen LogP contribution in [-0.2, 0) is 19.2 Å². The van der Waals surface area contributed by atoms with E-state index in [1.54, 1.807) is 4.90 Å². The Kier molecular flexibility index (Phi) is 9.89. The van der Waals surface area contributed by atoms with E-state index in [2.05, 4.69) is 28.4 Å². The number of urea groups is 1. The summed E-state index contributed by atoms with van der Waals surface area (Å²) in [6, 6.07) is -2.42. The number of ketones is 1. The lowest BCUT2D eigenvalue weighted by Crippen LogP contribution is -2.58. The zero-order valence-electron chi connectivity index (χ0n) is 21.2. The van der Waals surface area contributed by atoms with Crippen molar-refractivity contribution in [3.63, 3.8) is 0 Å². The van der Waals surface area contributed by atoms with Crippen LogP contribution in [0.3, 0.4) is 0 Å². The number of hydrogen-bond acceptors (Lipinski definition) is 5. The predicted molar refractivity (Wildman–Crippen MR) is 137 cm³/mol. The van der Waals surface area contributed by atoms with E-state index >= 15 is 0 Å². The van der Waals surface area contributed by atoms with Crippen molar-refractivity contribution in [2.24, 2.45) is 23.5 Å². The number of allylic oxidation sites excluding steroid dienone is 1. The Morgan fingerprint density at radius 1 is 1.08 bits per heavy atom. The van der Waals surface area contributed by atoms with Crippen LogP contribution in [0.4, 0.5) is 4.79 Å². The molecule has 0 aromatic rings. The minimum absolute atomic E-state index is 0.0295. The topological polar surface area (TPSA) is 151 Å². The standard InChI is InChI=1S/C27H37N5O5/c1-3-5-14-20(23(33)25(35)29-15-4-2)30-24(34)22-19-13-9-12-18(19)16-32(22)26(36)21(31-27(28)37)17-10-7-6-8-11-17/h1,4,14,17-19,21-22H,2,5-13,15-16H2,(H,29,35)(H,30,34)(H3,28,31,37)/b20-14+/t18-,19-,21-,22-/m0/s1. The minimum atomic E-state index is -0.931. The maximum absolute atomic E-state index is 13.8. The number of rotatable bonds is 10. The van der Waals surface area contributed by atoms with Crippen LogP contribution in [0.2, 0.25) is 0 Å². The van der Waals surface area contributed by atoms with Gasteiger partial charge < -0.3 is 26.6 Å². The number of fused-ring (bicyclic) bond motifs is 1. The summed E-state index contributed by atoms with van der Waals surface area (Å²) >= 11 is 0. The lowest BCUT2D eigenvalue weighted by Gasteiger charge is -2.35. The first-order chi connectivity index (χ1) is 17.8. The van der Waals surface area contributed by atoms with Gasteiger partial charge in [-0.05, 0) is 49.5 Å². The Hall–Kier alpha value is -3.61. The van der Waals surface area contributed by atoms with Gasteiger partial charge in [-0.2, -0.15) is 0 Å². The summed E-state index contributed by atoms with van der Waals surface area (Å²) in [5, 5.41) is 7.63. The molecule has 0 bridgehead atoms. The van der Waals surface area contributed by atoms with E-state index in [9.17, 15) is 24.0 Å². The van der Waals surface area contributed by atoms with Crippen molar-refractivity contribution >= 4 is 29.5 Å². The summed E-state index contributed by atoms with van der Waals surface area (Å²) in [5.41, 5.74) is 5.20. The third kappa shape index (κ3) is 6.79. The number of terminal acetylenes is 1. The molecule has 0 spiro atoms. The molecule has 0 aromatic heterocycles. The number of Topliss-reactive ketones (excluding diaryl/α,β-unsaturated/α-hetero) is 1. The average Bonchev–Trinajstić information content (AvgIpc) is 3.49. The van der Waals surface area contributed by atoms with Crippen LogP contribution in [-0.4, -0.2) is 59.6 Å². The van der Waals surface area contributed by atoms with Crippen LogP contribution in [0.5, 0.6) is 0 Å². The molecule has 3 fully saturated rings. The van der Waals surface area contributed by atoms with Crippen LogP contribution < -0.4 is 21.7 Å². The quantitative estimate of drug-likeness (QED) is 0.150. The van der Waals surface area contributed by atoms with Crippen LogP contribution in [0.1, 0.15) is 57.8 Å². The molecule has 2 aliphatic carbocycles. The fourth-order valence-electron chi connectivity index (χ4n) is 5.98. The molecule has 4 atom stereocenters. The number of hydrogen-bond donors (Lipinski definition) is 4. The molecule has 3 rings (SSSR count). The van der Waals surface area contributed by atoms with Crippen molar-refractivity contribution < 1.29 is 24.0 Å². The number of nitrogens with zero attached hydrogens (tertiary/aromatic N) is 1. The van der Waals surface area contributed by atoms with Crippen molar-refractivity contribution in [3.8, 4) is 12.3 Å². The van der Waals surface area contributed by atoms with Crippen LogP contribution in [0.15, 0.2) is 24.4 Å². The largest absolute Gasteiger partial charge is 0.352 e. The molecule has 5 N–H and O–H groups in total. The number of nitrogens with one attached hydrogen (secondary N) is 3. The molecular formula is C27H37N5O5. The van der Waals surface area contributed by atoms with E-state index in [1.807, 2.05) is 0 Å². The third-order valence-corrected chi connectivity index (χ3v) is 7.67. The highest BCUT2D eigenvalue weighted by Gasteiger charge is 2.51. The Morgan fingerprint density at radius 3 is 2.46 bits per heavy atom. The summed E-state index contributed by atoms with van der Waals surface area (Å²) in [4.78, 5) is 65.8. The third-order valence-electron chi connectivity index (χ3n) is 7.67. The molecule has 10 heteroatoms. The van der Waals surface area contributed by atoms with Gasteiger partial charge in [0.25, 0.3) is 11.7 Å². The van der Waals surface area contributed by atoms with Gasteiger partial charge in [-0.15, -0.1) is 18.9 Å². The Bertz CT molecular complexity index is 994. The highest BCUT2D eigenvalue weighted by Crippen LogP contribution is 2.43. The van der Waals surface area contributed by atoms with Crippen molar-refractivity contribution in [1.29, 1.82) is 0 Å². The molecule has 0 unspecified atom stereocenters. The first-order valence-corrected chi connectivity index (χ1v) is 13.0. The molecule has 3 aliphatic rings. The van der Waals surface area contributed by atoms with Gasteiger partial charge in [0, 0.05) is 19.5 Å². The molecule has 37 heavy (non-hydrogen) atoms. The molecular weight excluding hydrogens is 474 g/mol. The predicted octanol–water partition coefficient (Wildman–Crippen LogP) is 1.13. The van der Waals surface area contributed by atoms with Crippen molar-refractivity contribution in [1.82, 2.24) is 20.9 Å². The second-order valence-corrected chi connectivity index (χ2v) is 10.0. The lowest BCUT2D eigenvalue weighted by molar-refractivity contribution is -0.142. The fraction of sp³-hybridized carbons (Fsp3) is 0.593.